The lowest BCUT2D eigenvalue weighted by Crippen LogP contribution is -2.17. The van der Waals surface area contributed by atoms with E-state index in [1.807, 2.05) is 37.3 Å². The summed E-state index contributed by atoms with van der Waals surface area (Å²) in [6.45, 7) is 1.96. The van der Waals surface area contributed by atoms with Gasteiger partial charge in [0.15, 0.2) is 0 Å². The maximum Gasteiger partial charge on any atom is 0.228 e. The van der Waals surface area contributed by atoms with Crippen LogP contribution in [0.15, 0.2) is 30.3 Å². The third-order valence-electron chi connectivity index (χ3n) is 2.25. The predicted molar refractivity (Wildman–Crippen MR) is 53.3 cm³/mol. The van der Waals surface area contributed by atoms with Gasteiger partial charge < -0.3 is 5.32 Å². The summed E-state index contributed by atoms with van der Waals surface area (Å²) in [6, 6.07) is 7.87. The minimum atomic E-state index is 0.0757. The van der Waals surface area contributed by atoms with Crippen molar-refractivity contribution in [2.45, 2.75) is 13.3 Å². The van der Waals surface area contributed by atoms with Gasteiger partial charge in [-0.1, -0.05) is 24.3 Å². The van der Waals surface area contributed by atoms with Crippen LogP contribution in [0.25, 0.3) is 5.57 Å². The van der Waals surface area contributed by atoms with E-state index < -0.39 is 0 Å². The Labute approximate surface area is 77.3 Å². The summed E-state index contributed by atoms with van der Waals surface area (Å²) in [5, 5.41) is 2.84. The largest absolute Gasteiger partial charge is 0.325 e. The van der Waals surface area contributed by atoms with Gasteiger partial charge in [0.1, 0.15) is 0 Å². The molecule has 0 spiro atoms. The van der Waals surface area contributed by atoms with E-state index in [0.717, 1.165) is 16.8 Å². The van der Waals surface area contributed by atoms with Crippen LogP contribution >= 0.6 is 0 Å². The Morgan fingerprint density at radius 2 is 2.15 bits per heavy atom. The zero-order chi connectivity index (χ0) is 9.26. The summed E-state index contributed by atoms with van der Waals surface area (Å²) in [5.41, 5.74) is 3.18. The van der Waals surface area contributed by atoms with Gasteiger partial charge in [-0.15, -0.1) is 0 Å². The molecule has 0 bridgehead atoms. The number of nitrogens with one attached hydrogen (secondary N) is 1. The van der Waals surface area contributed by atoms with Crippen LogP contribution in [0.5, 0.6) is 0 Å². The van der Waals surface area contributed by atoms with Crippen molar-refractivity contribution in [2.75, 3.05) is 5.32 Å². The van der Waals surface area contributed by atoms with Crippen LogP contribution in [0, 0.1) is 0 Å². The average molecular weight is 173 g/mol. The molecule has 2 rings (SSSR count). The van der Waals surface area contributed by atoms with Crippen LogP contribution in [0.4, 0.5) is 5.69 Å². The first kappa shape index (κ1) is 8.05. The molecule has 0 saturated carbocycles. The van der Waals surface area contributed by atoms with Gasteiger partial charge in [-0.05, 0) is 18.6 Å². The molecule has 2 heteroatoms. The quantitative estimate of drug-likeness (QED) is 0.641. The lowest BCUT2D eigenvalue weighted by molar-refractivity contribution is -0.115. The molecule has 66 valence electrons. The standard InChI is InChI=1S/C11H11NO/c1-2-8-7-11(13)12-10-6-4-3-5-9(8)10/h2-6H,7H2,1H3,(H,12,13). The van der Waals surface area contributed by atoms with Gasteiger partial charge >= 0.3 is 0 Å². The smallest absolute Gasteiger partial charge is 0.228 e. The van der Waals surface area contributed by atoms with Crippen molar-refractivity contribution in [3.63, 3.8) is 0 Å². The van der Waals surface area contributed by atoms with Crippen LogP contribution in [0.3, 0.4) is 0 Å². The molecule has 1 heterocycles. The number of carbonyl (C=O) groups excluding carboxylic acids is 1. The Morgan fingerprint density at radius 1 is 1.38 bits per heavy atom. The number of hydrogen-bond acceptors (Lipinski definition) is 1. The van der Waals surface area contributed by atoms with Gasteiger partial charge in [-0.2, -0.15) is 0 Å². The highest BCUT2D eigenvalue weighted by Gasteiger charge is 2.17. The fourth-order valence-electron chi connectivity index (χ4n) is 1.59. The van der Waals surface area contributed by atoms with Crippen LogP contribution in [-0.4, -0.2) is 5.91 Å². The molecular formula is C11H11NO. The minimum Gasteiger partial charge on any atom is -0.325 e. The summed E-state index contributed by atoms with van der Waals surface area (Å²) in [6.07, 6.45) is 2.49. The fraction of sp³-hybridized carbons (Fsp3) is 0.182. The molecule has 1 amide bonds. The molecule has 0 aliphatic carbocycles. The molecule has 0 fully saturated rings. The third kappa shape index (κ3) is 1.35. The maximum absolute atomic E-state index is 11.2. The number of amides is 1. The number of fused-ring (bicyclic) bond motifs is 1. The number of benzene rings is 1. The minimum absolute atomic E-state index is 0.0757. The number of anilines is 1. The van der Waals surface area contributed by atoms with Crippen molar-refractivity contribution in [3.8, 4) is 0 Å². The molecule has 2 nitrogen and oxygen atoms in total. The van der Waals surface area contributed by atoms with E-state index in [1.54, 1.807) is 0 Å². The predicted octanol–water partition coefficient (Wildman–Crippen LogP) is 2.43. The monoisotopic (exact) mass is 173 g/mol. The Hall–Kier alpha value is -1.57. The summed E-state index contributed by atoms with van der Waals surface area (Å²) in [7, 11) is 0. The van der Waals surface area contributed by atoms with Gasteiger partial charge in [0.25, 0.3) is 0 Å². The molecule has 1 aromatic carbocycles. The van der Waals surface area contributed by atoms with Gasteiger partial charge in [-0.25, -0.2) is 0 Å². The normalized spacial score (nSPS) is 18.2. The number of hydrogen-bond donors (Lipinski definition) is 1. The van der Waals surface area contributed by atoms with Crippen molar-refractivity contribution < 1.29 is 4.79 Å². The van der Waals surface area contributed by atoms with Gasteiger partial charge in [0.2, 0.25) is 5.91 Å². The first-order valence-corrected chi connectivity index (χ1v) is 4.35. The Bertz CT molecular complexity index is 379. The highest BCUT2D eigenvalue weighted by molar-refractivity contribution is 6.05. The van der Waals surface area contributed by atoms with Gasteiger partial charge in [0, 0.05) is 11.3 Å². The number of para-hydroxylation sites is 1. The van der Waals surface area contributed by atoms with Gasteiger partial charge in [0.05, 0.1) is 6.42 Å². The Balaban J connectivity index is 2.55. The summed E-state index contributed by atoms with van der Waals surface area (Å²) in [4.78, 5) is 11.2. The number of rotatable bonds is 0. The topological polar surface area (TPSA) is 29.1 Å². The Morgan fingerprint density at radius 3 is 2.92 bits per heavy atom. The first-order chi connectivity index (χ1) is 6.31. The average Bonchev–Trinajstić information content (AvgIpc) is 2.16. The van der Waals surface area contributed by atoms with E-state index in [1.165, 1.54) is 0 Å². The lowest BCUT2D eigenvalue weighted by atomic mass is 9.97. The molecule has 1 N–H and O–H groups in total. The second-order valence-corrected chi connectivity index (χ2v) is 3.08. The molecule has 0 saturated heterocycles. The molecule has 1 aliphatic rings. The molecule has 1 aliphatic heterocycles. The third-order valence-corrected chi connectivity index (χ3v) is 2.25. The van der Waals surface area contributed by atoms with Crippen molar-refractivity contribution >= 4 is 17.2 Å². The molecule has 0 unspecified atom stereocenters. The van der Waals surface area contributed by atoms with E-state index in [4.69, 9.17) is 0 Å². The first-order valence-electron chi connectivity index (χ1n) is 4.35. The summed E-state index contributed by atoms with van der Waals surface area (Å²) >= 11 is 0. The highest BCUT2D eigenvalue weighted by Crippen LogP contribution is 2.30. The lowest BCUT2D eigenvalue weighted by Gasteiger charge is -2.18. The molecule has 0 radical (unpaired) electrons. The van der Waals surface area contributed by atoms with Crippen molar-refractivity contribution in [3.05, 3.63) is 35.9 Å². The van der Waals surface area contributed by atoms with Crippen LogP contribution in [0.2, 0.25) is 0 Å². The zero-order valence-corrected chi connectivity index (χ0v) is 7.50. The fourth-order valence-corrected chi connectivity index (χ4v) is 1.59. The zero-order valence-electron chi connectivity index (χ0n) is 7.50. The molecular weight excluding hydrogens is 162 g/mol. The maximum atomic E-state index is 11.2. The SMILES string of the molecule is CC=C1CC(=O)Nc2ccccc21. The van der Waals surface area contributed by atoms with E-state index in [-0.39, 0.29) is 5.91 Å². The Kier molecular flexibility index (Phi) is 1.89. The van der Waals surface area contributed by atoms with E-state index in [2.05, 4.69) is 5.32 Å². The van der Waals surface area contributed by atoms with Crippen molar-refractivity contribution in [2.24, 2.45) is 0 Å². The number of allylic oxidation sites excluding steroid dienone is 1. The second kappa shape index (κ2) is 3.05. The van der Waals surface area contributed by atoms with Crippen molar-refractivity contribution in [1.29, 1.82) is 0 Å². The van der Waals surface area contributed by atoms with Crippen LogP contribution in [-0.2, 0) is 4.79 Å². The van der Waals surface area contributed by atoms with Crippen molar-refractivity contribution in [1.82, 2.24) is 0 Å². The highest BCUT2D eigenvalue weighted by atomic mass is 16.1. The van der Waals surface area contributed by atoms with Crippen LogP contribution < -0.4 is 5.32 Å². The van der Waals surface area contributed by atoms with E-state index >= 15 is 0 Å². The number of carbonyl (C=O) groups is 1. The summed E-state index contributed by atoms with van der Waals surface area (Å²) < 4.78 is 0. The second-order valence-electron chi connectivity index (χ2n) is 3.08. The van der Waals surface area contributed by atoms with Crippen LogP contribution in [0.1, 0.15) is 18.9 Å². The van der Waals surface area contributed by atoms with Gasteiger partial charge in [-0.3, -0.25) is 4.79 Å². The summed E-state index contributed by atoms with van der Waals surface area (Å²) in [5.74, 6) is 0.0757. The van der Waals surface area contributed by atoms with E-state index in [0.29, 0.717) is 6.42 Å². The molecule has 13 heavy (non-hydrogen) atoms. The molecule has 1 aromatic rings. The molecule has 0 atom stereocenters. The van der Waals surface area contributed by atoms with E-state index in [9.17, 15) is 4.79 Å². The molecule has 0 aromatic heterocycles.